The van der Waals surface area contributed by atoms with Crippen molar-refractivity contribution in [3.8, 4) is 0 Å². The summed E-state index contributed by atoms with van der Waals surface area (Å²) < 4.78 is 0. The summed E-state index contributed by atoms with van der Waals surface area (Å²) in [4.78, 5) is 9.62. The molecule has 0 amide bonds. The zero-order valence-corrected chi connectivity index (χ0v) is 15.4. The second-order valence-corrected chi connectivity index (χ2v) is 7.85. The first kappa shape index (κ1) is 17.1. The van der Waals surface area contributed by atoms with Crippen LogP contribution < -0.4 is 5.32 Å². The SMILES string of the molecule is CCN(CC)CC1CCN(C(=NC)NCC(C2CC2)C2CC2)C1. The predicted molar refractivity (Wildman–Crippen MR) is 97.8 cm³/mol. The minimum absolute atomic E-state index is 0.802. The van der Waals surface area contributed by atoms with Gasteiger partial charge in [0.1, 0.15) is 0 Å². The molecule has 3 aliphatic rings. The van der Waals surface area contributed by atoms with Gasteiger partial charge in [-0.3, -0.25) is 4.99 Å². The fourth-order valence-corrected chi connectivity index (χ4v) is 4.33. The van der Waals surface area contributed by atoms with E-state index in [4.69, 9.17) is 0 Å². The van der Waals surface area contributed by atoms with Gasteiger partial charge in [-0.15, -0.1) is 0 Å². The summed E-state index contributed by atoms with van der Waals surface area (Å²) in [5.74, 6) is 4.90. The van der Waals surface area contributed by atoms with Gasteiger partial charge < -0.3 is 15.1 Å². The van der Waals surface area contributed by atoms with Gasteiger partial charge in [-0.05, 0) is 68.9 Å². The lowest BCUT2D eigenvalue weighted by Crippen LogP contribution is -2.43. The van der Waals surface area contributed by atoms with Crippen molar-refractivity contribution in [3.05, 3.63) is 0 Å². The summed E-state index contributed by atoms with van der Waals surface area (Å²) in [6.45, 7) is 11.6. The van der Waals surface area contributed by atoms with Crippen molar-refractivity contribution >= 4 is 5.96 Å². The second-order valence-electron chi connectivity index (χ2n) is 7.85. The average molecular weight is 321 g/mol. The van der Waals surface area contributed by atoms with Gasteiger partial charge >= 0.3 is 0 Å². The molecule has 1 saturated heterocycles. The van der Waals surface area contributed by atoms with Crippen molar-refractivity contribution in [1.29, 1.82) is 0 Å². The summed E-state index contributed by atoms with van der Waals surface area (Å²) in [7, 11) is 1.95. The van der Waals surface area contributed by atoms with Crippen LogP contribution in [0.2, 0.25) is 0 Å². The molecule has 0 radical (unpaired) electrons. The largest absolute Gasteiger partial charge is 0.356 e. The molecule has 3 rings (SSSR count). The first-order valence-corrected chi connectivity index (χ1v) is 9.93. The first-order valence-electron chi connectivity index (χ1n) is 9.93. The Balaban J connectivity index is 1.45. The molecular formula is C19H36N4. The van der Waals surface area contributed by atoms with E-state index in [0.717, 1.165) is 36.2 Å². The zero-order chi connectivity index (χ0) is 16.2. The lowest BCUT2D eigenvalue weighted by Gasteiger charge is -2.26. The quantitative estimate of drug-likeness (QED) is 0.551. The van der Waals surface area contributed by atoms with Crippen LogP contribution in [-0.4, -0.2) is 62.1 Å². The van der Waals surface area contributed by atoms with Crippen LogP contribution in [0.1, 0.15) is 46.0 Å². The number of nitrogens with zero attached hydrogens (tertiary/aromatic N) is 3. The Morgan fingerprint density at radius 2 is 1.78 bits per heavy atom. The highest BCUT2D eigenvalue weighted by molar-refractivity contribution is 5.80. The fraction of sp³-hybridized carbons (Fsp3) is 0.947. The topological polar surface area (TPSA) is 30.9 Å². The third-order valence-electron chi connectivity index (χ3n) is 6.16. The Morgan fingerprint density at radius 1 is 1.13 bits per heavy atom. The summed E-state index contributed by atoms with van der Waals surface area (Å²) >= 11 is 0. The van der Waals surface area contributed by atoms with Crippen molar-refractivity contribution in [2.24, 2.45) is 28.7 Å². The molecule has 3 fully saturated rings. The number of guanidine groups is 1. The van der Waals surface area contributed by atoms with Gasteiger partial charge in [-0.1, -0.05) is 13.8 Å². The molecular weight excluding hydrogens is 284 g/mol. The number of nitrogens with one attached hydrogen (secondary N) is 1. The van der Waals surface area contributed by atoms with Crippen molar-refractivity contribution in [3.63, 3.8) is 0 Å². The van der Waals surface area contributed by atoms with Gasteiger partial charge in [0.25, 0.3) is 0 Å². The molecule has 1 aliphatic heterocycles. The maximum atomic E-state index is 4.57. The third-order valence-corrected chi connectivity index (χ3v) is 6.16. The van der Waals surface area contributed by atoms with Crippen molar-refractivity contribution in [2.45, 2.75) is 46.0 Å². The van der Waals surface area contributed by atoms with Gasteiger partial charge in [0.2, 0.25) is 0 Å². The summed E-state index contributed by atoms with van der Waals surface area (Å²) in [5, 5.41) is 3.72. The summed E-state index contributed by atoms with van der Waals surface area (Å²) in [6.07, 6.45) is 7.19. The Kier molecular flexibility index (Phi) is 5.84. The van der Waals surface area contributed by atoms with E-state index in [2.05, 4.69) is 34.0 Å². The minimum atomic E-state index is 0.802. The van der Waals surface area contributed by atoms with Crippen LogP contribution in [0.3, 0.4) is 0 Å². The number of rotatable bonds is 8. The van der Waals surface area contributed by atoms with Crippen LogP contribution in [0.4, 0.5) is 0 Å². The Bertz CT molecular complexity index is 384. The van der Waals surface area contributed by atoms with E-state index < -0.39 is 0 Å². The molecule has 2 aliphatic carbocycles. The molecule has 1 unspecified atom stereocenters. The smallest absolute Gasteiger partial charge is 0.193 e. The second kappa shape index (κ2) is 7.87. The first-order chi connectivity index (χ1) is 11.2. The minimum Gasteiger partial charge on any atom is -0.356 e. The average Bonchev–Trinajstić information content (AvgIpc) is 3.49. The molecule has 1 atom stereocenters. The highest BCUT2D eigenvalue weighted by Crippen LogP contribution is 2.48. The van der Waals surface area contributed by atoms with E-state index in [-0.39, 0.29) is 0 Å². The maximum Gasteiger partial charge on any atom is 0.193 e. The van der Waals surface area contributed by atoms with Crippen LogP contribution in [0.5, 0.6) is 0 Å². The molecule has 1 N–H and O–H groups in total. The molecule has 4 nitrogen and oxygen atoms in total. The molecule has 4 heteroatoms. The number of likely N-dealkylation sites (tertiary alicyclic amines) is 1. The van der Waals surface area contributed by atoms with Gasteiger partial charge in [-0.25, -0.2) is 0 Å². The zero-order valence-electron chi connectivity index (χ0n) is 15.4. The molecule has 23 heavy (non-hydrogen) atoms. The predicted octanol–water partition coefficient (Wildman–Crippen LogP) is 2.66. The van der Waals surface area contributed by atoms with Crippen molar-refractivity contribution in [1.82, 2.24) is 15.1 Å². The van der Waals surface area contributed by atoms with Gasteiger partial charge in [0.15, 0.2) is 5.96 Å². The molecule has 0 aromatic heterocycles. The van der Waals surface area contributed by atoms with Crippen molar-refractivity contribution < 1.29 is 0 Å². The van der Waals surface area contributed by atoms with Gasteiger partial charge in [0, 0.05) is 33.2 Å². The van der Waals surface area contributed by atoms with Crippen LogP contribution in [0.25, 0.3) is 0 Å². The normalized spacial score (nSPS) is 25.7. The lowest BCUT2D eigenvalue weighted by atomic mass is 9.98. The Hall–Kier alpha value is -0.770. The number of aliphatic imine (C=N–C) groups is 1. The van der Waals surface area contributed by atoms with Crippen LogP contribution in [0.15, 0.2) is 4.99 Å². The van der Waals surface area contributed by atoms with E-state index in [1.54, 1.807) is 0 Å². The van der Waals surface area contributed by atoms with E-state index in [1.807, 2.05) is 7.05 Å². The summed E-state index contributed by atoms with van der Waals surface area (Å²) in [6, 6.07) is 0. The maximum absolute atomic E-state index is 4.57. The Labute approximate surface area is 142 Å². The van der Waals surface area contributed by atoms with E-state index in [1.165, 1.54) is 64.8 Å². The molecule has 0 bridgehead atoms. The monoisotopic (exact) mass is 320 g/mol. The van der Waals surface area contributed by atoms with Crippen LogP contribution in [0, 0.1) is 23.7 Å². The Morgan fingerprint density at radius 3 is 2.30 bits per heavy atom. The fourth-order valence-electron chi connectivity index (χ4n) is 4.33. The third kappa shape index (κ3) is 4.62. The highest BCUT2D eigenvalue weighted by Gasteiger charge is 2.41. The van der Waals surface area contributed by atoms with Gasteiger partial charge in [0.05, 0.1) is 0 Å². The van der Waals surface area contributed by atoms with E-state index in [9.17, 15) is 0 Å². The van der Waals surface area contributed by atoms with Gasteiger partial charge in [-0.2, -0.15) is 0 Å². The van der Waals surface area contributed by atoms with E-state index >= 15 is 0 Å². The highest BCUT2D eigenvalue weighted by atomic mass is 15.3. The molecule has 1 heterocycles. The molecule has 0 spiro atoms. The number of hydrogen-bond donors (Lipinski definition) is 1. The van der Waals surface area contributed by atoms with Crippen molar-refractivity contribution in [2.75, 3.05) is 46.3 Å². The molecule has 0 aromatic rings. The molecule has 0 aromatic carbocycles. The number of hydrogen-bond acceptors (Lipinski definition) is 2. The molecule has 2 saturated carbocycles. The lowest BCUT2D eigenvalue weighted by molar-refractivity contribution is 0.255. The molecule has 132 valence electrons. The standard InChI is InChI=1S/C19H36N4/c1-4-22(5-2)13-15-10-11-23(14-15)19(20-3)21-12-18(16-6-7-16)17-8-9-17/h15-18H,4-14H2,1-3H3,(H,20,21). The van der Waals surface area contributed by atoms with Crippen LogP contribution in [-0.2, 0) is 0 Å². The van der Waals surface area contributed by atoms with E-state index in [0.29, 0.717) is 0 Å². The summed E-state index contributed by atoms with van der Waals surface area (Å²) in [5.41, 5.74) is 0. The van der Waals surface area contributed by atoms with Crippen LogP contribution >= 0.6 is 0 Å².